The molecule has 1 N–H and O–H groups in total. The van der Waals surface area contributed by atoms with Gasteiger partial charge in [-0.2, -0.15) is 0 Å². The highest BCUT2D eigenvalue weighted by Gasteiger charge is 2.32. The molecule has 1 aromatic rings. The minimum Gasteiger partial charge on any atom is -0.308 e. The first-order valence-electron chi connectivity index (χ1n) is 7.37. The number of nitrogens with zero attached hydrogens (tertiary/aromatic N) is 1. The lowest BCUT2D eigenvalue weighted by molar-refractivity contribution is 0.145. The summed E-state index contributed by atoms with van der Waals surface area (Å²) in [6, 6.07) is 10.9. The van der Waals surface area contributed by atoms with Crippen molar-refractivity contribution < 1.29 is 8.42 Å². The highest BCUT2D eigenvalue weighted by molar-refractivity contribution is 7.91. The van der Waals surface area contributed by atoms with Crippen LogP contribution in [0.25, 0.3) is 0 Å². The Kier molecular flexibility index (Phi) is 4.10. The van der Waals surface area contributed by atoms with E-state index in [0.29, 0.717) is 17.5 Å². The molecule has 2 atom stereocenters. The molecule has 1 aromatic carbocycles. The van der Waals surface area contributed by atoms with Crippen LogP contribution in [0.1, 0.15) is 24.4 Å². The normalized spacial score (nSPS) is 31.0. The lowest BCUT2D eigenvalue weighted by Crippen LogP contribution is -2.53. The van der Waals surface area contributed by atoms with E-state index in [2.05, 4.69) is 34.5 Å². The van der Waals surface area contributed by atoms with Crippen LogP contribution in [0.5, 0.6) is 0 Å². The molecule has 5 heteroatoms. The molecule has 2 saturated heterocycles. The van der Waals surface area contributed by atoms with Crippen molar-refractivity contribution in [1.29, 1.82) is 0 Å². The predicted octanol–water partition coefficient (Wildman–Crippen LogP) is 1.21. The molecule has 2 fully saturated rings. The van der Waals surface area contributed by atoms with E-state index in [0.717, 1.165) is 32.5 Å². The summed E-state index contributed by atoms with van der Waals surface area (Å²) in [4.78, 5) is 2.37. The molecule has 0 spiro atoms. The van der Waals surface area contributed by atoms with E-state index in [4.69, 9.17) is 0 Å². The highest BCUT2D eigenvalue weighted by Crippen LogP contribution is 2.23. The molecule has 4 nitrogen and oxygen atoms in total. The van der Waals surface area contributed by atoms with Gasteiger partial charge in [0, 0.05) is 31.7 Å². The quantitative estimate of drug-likeness (QED) is 0.891. The third-order valence-corrected chi connectivity index (χ3v) is 6.17. The second-order valence-electron chi connectivity index (χ2n) is 5.82. The van der Waals surface area contributed by atoms with Gasteiger partial charge in [-0.15, -0.1) is 0 Å². The summed E-state index contributed by atoms with van der Waals surface area (Å²) >= 11 is 0. The minimum atomic E-state index is -2.83. The number of rotatable bonds is 2. The van der Waals surface area contributed by atoms with Gasteiger partial charge >= 0.3 is 0 Å². The average molecular weight is 294 g/mol. The van der Waals surface area contributed by atoms with E-state index in [1.165, 1.54) is 5.56 Å². The average Bonchev–Trinajstić information content (AvgIpc) is 2.47. The molecule has 0 aliphatic carbocycles. The summed E-state index contributed by atoms with van der Waals surface area (Å²) in [7, 11) is -2.83. The molecular weight excluding hydrogens is 272 g/mol. The Balaban J connectivity index is 1.69. The molecule has 2 unspecified atom stereocenters. The van der Waals surface area contributed by atoms with Gasteiger partial charge in [0.25, 0.3) is 0 Å². The second-order valence-corrected chi connectivity index (χ2v) is 8.05. The molecule has 3 rings (SSSR count). The van der Waals surface area contributed by atoms with Crippen molar-refractivity contribution in [1.82, 2.24) is 10.2 Å². The van der Waals surface area contributed by atoms with E-state index >= 15 is 0 Å². The van der Waals surface area contributed by atoms with Crippen molar-refractivity contribution in [3.8, 4) is 0 Å². The van der Waals surface area contributed by atoms with Gasteiger partial charge in [0.1, 0.15) is 0 Å². The third kappa shape index (κ3) is 3.22. The van der Waals surface area contributed by atoms with Crippen LogP contribution < -0.4 is 5.32 Å². The molecule has 20 heavy (non-hydrogen) atoms. The number of sulfone groups is 1. The molecule has 0 saturated carbocycles. The summed E-state index contributed by atoms with van der Waals surface area (Å²) in [5.74, 6) is 0.714. The molecule has 2 aliphatic heterocycles. The SMILES string of the molecule is O=S1(=O)CCCC(N2CCNC(c3ccccc3)C2)C1. The number of piperazine rings is 1. The van der Waals surface area contributed by atoms with Gasteiger partial charge in [-0.25, -0.2) is 8.42 Å². The van der Waals surface area contributed by atoms with E-state index in [1.807, 2.05) is 6.07 Å². The Morgan fingerprint density at radius 3 is 2.75 bits per heavy atom. The van der Waals surface area contributed by atoms with E-state index in [-0.39, 0.29) is 6.04 Å². The topological polar surface area (TPSA) is 49.4 Å². The Morgan fingerprint density at radius 2 is 2.00 bits per heavy atom. The first-order valence-corrected chi connectivity index (χ1v) is 9.19. The van der Waals surface area contributed by atoms with Crippen molar-refractivity contribution >= 4 is 9.84 Å². The summed E-state index contributed by atoms with van der Waals surface area (Å²) in [5.41, 5.74) is 1.29. The van der Waals surface area contributed by atoms with Gasteiger partial charge in [0.2, 0.25) is 0 Å². The lowest BCUT2D eigenvalue weighted by Gasteiger charge is -2.40. The van der Waals surface area contributed by atoms with Crippen LogP contribution in [0, 0.1) is 0 Å². The molecule has 0 bridgehead atoms. The molecule has 0 aromatic heterocycles. The van der Waals surface area contributed by atoms with Crippen LogP contribution in [0.15, 0.2) is 30.3 Å². The van der Waals surface area contributed by atoms with Crippen LogP contribution >= 0.6 is 0 Å². The number of hydrogen-bond donors (Lipinski definition) is 1. The van der Waals surface area contributed by atoms with Crippen LogP contribution in [0.4, 0.5) is 0 Å². The molecule has 2 aliphatic rings. The van der Waals surface area contributed by atoms with Gasteiger partial charge < -0.3 is 5.32 Å². The predicted molar refractivity (Wildman–Crippen MR) is 80.4 cm³/mol. The zero-order valence-electron chi connectivity index (χ0n) is 11.7. The third-order valence-electron chi connectivity index (χ3n) is 4.36. The van der Waals surface area contributed by atoms with Crippen LogP contribution in [0.3, 0.4) is 0 Å². The Morgan fingerprint density at radius 1 is 1.20 bits per heavy atom. The zero-order chi connectivity index (χ0) is 14.0. The van der Waals surface area contributed by atoms with E-state index < -0.39 is 9.84 Å². The molecule has 110 valence electrons. The highest BCUT2D eigenvalue weighted by atomic mass is 32.2. The number of nitrogens with one attached hydrogen (secondary N) is 1. The maximum absolute atomic E-state index is 11.8. The second kappa shape index (κ2) is 5.84. The fourth-order valence-electron chi connectivity index (χ4n) is 3.30. The van der Waals surface area contributed by atoms with Crippen molar-refractivity contribution in [3.05, 3.63) is 35.9 Å². The summed E-state index contributed by atoms with van der Waals surface area (Å²) in [6.07, 6.45) is 1.83. The van der Waals surface area contributed by atoms with Crippen LogP contribution in [-0.4, -0.2) is 50.5 Å². The lowest BCUT2D eigenvalue weighted by atomic mass is 10.0. The Bertz CT molecular complexity index is 544. The van der Waals surface area contributed by atoms with Gasteiger partial charge in [0.05, 0.1) is 11.5 Å². The number of benzene rings is 1. The first-order chi connectivity index (χ1) is 9.64. The molecule has 0 radical (unpaired) electrons. The Labute approximate surface area is 121 Å². The molecule has 0 amide bonds. The fraction of sp³-hybridized carbons (Fsp3) is 0.600. The van der Waals surface area contributed by atoms with Gasteiger partial charge in [-0.3, -0.25) is 4.90 Å². The standard InChI is InChI=1S/C15H22N2O2S/c18-20(19)10-4-7-14(12-20)17-9-8-16-15(11-17)13-5-2-1-3-6-13/h1-3,5-6,14-16H,4,7-12H2. The smallest absolute Gasteiger partial charge is 0.151 e. The molecular formula is C15H22N2O2S. The van der Waals surface area contributed by atoms with Gasteiger partial charge in [-0.05, 0) is 18.4 Å². The first kappa shape index (κ1) is 14.0. The maximum atomic E-state index is 11.8. The van der Waals surface area contributed by atoms with Crippen molar-refractivity contribution in [3.63, 3.8) is 0 Å². The summed E-state index contributed by atoms with van der Waals surface area (Å²) < 4.78 is 23.6. The van der Waals surface area contributed by atoms with Crippen molar-refractivity contribution in [2.24, 2.45) is 0 Å². The van der Waals surface area contributed by atoms with Gasteiger partial charge in [-0.1, -0.05) is 30.3 Å². The van der Waals surface area contributed by atoms with Crippen LogP contribution in [-0.2, 0) is 9.84 Å². The zero-order valence-corrected chi connectivity index (χ0v) is 12.5. The largest absolute Gasteiger partial charge is 0.308 e. The minimum absolute atomic E-state index is 0.210. The van der Waals surface area contributed by atoms with Crippen LogP contribution in [0.2, 0.25) is 0 Å². The maximum Gasteiger partial charge on any atom is 0.151 e. The van der Waals surface area contributed by atoms with Gasteiger partial charge in [0.15, 0.2) is 9.84 Å². The number of hydrogen-bond acceptors (Lipinski definition) is 4. The summed E-state index contributed by atoms with van der Waals surface area (Å²) in [6.45, 7) is 2.78. The van der Waals surface area contributed by atoms with Crippen molar-refractivity contribution in [2.45, 2.75) is 24.9 Å². The fourth-order valence-corrected chi connectivity index (χ4v) is 5.04. The van der Waals surface area contributed by atoms with Crippen molar-refractivity contribution in [2.75, 3.05) is 31.1 Å². The monoisotopic (exact) mass is 294 g/mol. The van der Waals surface area contributed by atoms with E-state index in [9.17, 15) is 8.42 Å². The van der Waals surface area contributed by atoms with E-state index in [1.54, 1.807) is 0 Å². The Hall–Kier alpha value is -0.910. The molecule has 2 heterocycles. The summed E-state index contributed by atoms with van der Waals surface area (Å²) in [5, 5.41) is 3.53.